The molecule has 1 aromatic heterocycles. The molecule has 30 heavy (non-hydrogen) atoms. The number of carbonyl (C=O) groups is 1. The number of anilines is 4. The Hall–Kier alpha value is -3.61. The molecule has 0 atom stereocenters. The van der Waals surface area contributed by atoms with Gasteiger partial charge in [-0.15, -0.1) is 0 Å². The largest absolute Gasteiger partial charge is 0.497 e. The molecule has 1 amide bonds. The molecular weight excluding hydrogens is 378 g/mol. The van der Waals surface area contributed by atoms with Crippen molar-refractivity contribution in [3.8, 4) is 5.75 Å². The molecule has 7 heteroatoms. The van der Waals surface area contributed by atoms with Gasteiger partial charge in [0.2, 0.25) is 5.95 Å². The van der Waals surface area contributed by atoms with Crippen LogP contribution in [0.5, 0.6) is 5.75 Å². The van der Waals surface area contributed by atoms with Crippen molar-refractivity contribution in [2.24, 2.45) is 0 Å². The van der Waals surface area contributed by atoms with Gasteiger partial charge in [-0.2, -0.15) is 4.98 Å². The summed E-state index contributed by atoms with van der Waals surface area (Å²) in [6.45, 7) is 3.98. The van der Waals surface area contributed by atoms with E-state index in [9.17, 15) is 4.79 Å². The van der Waals surface area contributed by atoms with E-state index in [-0.39, 0.29) is 5.91 Å². The number of aromatic nitrogens is 2. The molecule has 4 rings (SSSR count). The van der Waals surface area contributed by atoms with Crippen LogP contribution in [0.1, 0.15) is 28.9 Å². The van der Waals surface area contributed by atoms with Crippen LogP contribution in [0, 0.1) is 6.92 Å². The number of amides is 1. The second-order valence-electron chi connectivity index (χ2n) is 7.28. The van der Waals surface area contributed by atoms with Gasteiger partial charge in [-0.1, -0.05) is 6.07 Å². The van der Waals surface area contributed by atoms with Crippen molar-refractivity contribution in [1.29, 1.82) is 0 Å². The minimum atomic E-state index is -0.184. The van der Waals surface area contributed by atoms with E-state index >= 15 is 0 Å². The van der Waals surface area contributed by atoms with Crippen LogP contribution in [0.25, 0.3) is 0 Å². The Bertz CT molecular complexity index is 1030. The SMILES string of the molecule is COc1cccc(C(=O)Nc2ccc(Nc3cc(C)nc(N4CCCC4)n3)cc2)c1. The molecule has 0 radical (unpaired) electrons. The van der Waals surface area contributed by atoms with Gasteiger partial charge in [0.25, 0.3) is 5.91 Å². The predicted molar refractivity (Wildman–Crippen MR) is 119 cm³/mol. The smallest absolute Gasteiger partial charge is 0.255 e. The predicted octanol–water partition coefficient (Wildman–Crippen LogP) is 4.39. The molecule has 2 heterocycles. The summed E-state index contributed by atoms with van der Waals surface area (Å²) in [7, 11) is 1.58. The van der Waals surface area contributed by atoms with Crippen molar-refractivity contribution < 1.29 is 9.53 Å². The number of aryl methyl sites for hydroxylation is 1. The number of nitrogens with zero attached hydrogens (tertiary/aromatic N) is 3. The number of hydrogen-bond acceptors (Lipinski definition) is 6. The zero-order valence-electron chi connectivity index (χ0n) is 17.2. The van der Waals surface area contributed by atoms with Crippen molar-refractivity contribution in [2.75, 3.05) is 35.7 Å². The first-order chi connectivity index (χ1) is 14.6. The monoisotopic (exact) mass is 403 g/mol. The minimum absolute atomic E-state index is 0.184. The van der Waals surface area contributed by atoms with Gasteiger partial charge in [0.1, 0.15) is 11.6 Å². The van der Waals surface area contributed by atoms with E-state index in [1.807, 2.05) is 37.3 Å². The number of methoxy groups -OCH3 is 1. The first-order valence-electron chi connectivity index (χ1n) is 10.0. The molecule has 7 nitrogen and oxygen atoms in total. The summed E-state index contributed by atoms with van der Waals surface area (Å²) in [4.78, 5) is 23.9. The van der Waals surface area contributed by atoms with Crippen molar-refractivity contribution >= 4 is 29.0 Å². The summed E-state index contributed by atoms with van der Waals surface area (Å²) in [6, 6.07) is 16.5. The first-order valence-corrected chi connectivity index (χ1v) is 10.0. The standard InChI is InChI=1S/C23H25N5O2/c1-16-14-21(27-23(24-16)28-12-3-4-13-28)25-18-8-10-19(11-9-18)26-22(29)17-6-5-7-20(15-17)30-2/h5-11,14-15H,3-4,12-13H2,1-2H3,(H,26,29)(H,24,25,27). The Kier molecular flexibility index (Phi) is 5.79. The zero-order valence-corrected chi connectivity index (χ0v) is 17.2. The molecule has 1 saturated heterocycles. The summed E-state index contributed by atoms with van der Waals surface area (Å²) in [6.07, 6.45) is 2.37. The lowest BCUT2D eigenvalue weighted by atomic mass is 10.2. The van der Waals surface area contributed by atoms with Crippen LogP contribution >= 0.6 is 0 Å². The van der Waals surface area contributed by atoms with E-state index in [2.05, 4.69) is 25.5 Å². The molecule has 0 bridgehead atoms. The molecule has 0 spiro atoms. The van der Waals surface area contributed by atoms with Crippen LogP contribution in [0.3, 0.4) is 0 Å². The van der Waals surface area contributed by atoms with Gasteiger partial charge >= 0.3 is 0 Å². The molecular formula is C23H25N5O2. The van der Waals surface area contributed by atoms with Gasteiger partial charge in [-0.05, 0) is 62.2 Å². The Morgan fingerprint density at radius 3 is 2.47 bits per heavy atom. The molecule has 1 aliphatic heterocycles. The first kappa shape index (κ1) is 19.7. The van der Waals surface area contributed by atoms with Crippen molar-refractivity contribution in [1.82, 2.24) is 9.97 Å². The van der Waals surface area contributed by atoms with E-state index in [0.29, 0.717) is 17.0 Å². The quantitative estimate of drug-likeness (QED) is 0.635. The van der Waals surface area contributed by atoms with Gasteiger partial charge in [0.15, 0.2) is 0 Å². The minimum Gasteiger partial charge on any atom is -0.497 e. The van der Waals surface area contributed by atoms with Crippen molar-refractivity contribution in [3.63, 3.8) is 0 Å². The van der Waals surface area contributed by atoms with Crippen molar-refractivity contribution in [2.45, 2.75) is 19.8 Å². The lowest BCUT2D eigenvalue weighted by molar-refractivity contribution is 0.102. The van der Waals surface area contributed by atoms with Crippen LogP contribution in [0.15, 0.2) is 54.6 Å². The molecule has 0 saturated carbocycles. The van der Waals surface area contributed by atoms with Crippen LogP contribution in [0.2, 0.25) is 0 Å². The Balaban J connectivity index is 1.43. The number of benzene rings is 2. The summed E-state index contributed by atoms with van der Waals surface area (Å²) in [5.41, 5.74) is 3.07. The Morgan fingerprint density at radius 2 is 1.73 bits per heavy atom. The maximum absolute atomic E-state index is 12.5. The molecule has 0 unspecified atom stereocenters. The van der Waals surface area contributed by atoms with E-state index in [1.165, 1.54) is 12.8 Å². The third-order valence-electron chi connectivity index (χ3n) is 4.98. The van der Waals surface area contributed by atoms with E-state index in [1.54, 1.807) is 31.4 Å². The molecule has 3 aromatic rings. The molecule has 1 fully saturated rings. The second-order valence-corrected chi connectivity index (χ2v) is 7.28. The van der Waals surface area contributed by atoms with E-state index in [4.69, 9.17) is 4.74 Å². The van der Waals surface area contributed by atoms with Crippen LogP contribution < -0.4 is 20.3 Å². The Labute approximate surface area is 176 Å². The molecule has 2 N–H and O–H groups in total. The molecule has 2 aromatic carbocycles. The van der Waals surface area contributed by atoms with Gasteiger partial charge in [-0.25, -0.2) is 4.98 Å². The lowest BCUT2D eigenvalue weighted by Crippen LogP contribution is -2.21. The number of rotatable bonds is 6. The molecule has 154 valence electrons. The van der Waals surface area contributed by atoms with Gasteiger partial charge < -0.3 is 20.3 Å². The number of hydrogen-bond donors (Lipinski definition) is 2. The highest BCUT2D eigenvalue weighted by atomic mass is 16.5. The fraction of sp³-hybridized carbons (Fsp3) is 0.261. The highest BCUT2D eigenvalue weighted by Crippen LogP contribution is 2.22. The van der Waals surface area contributed by atoms with Crippen LogP contribution in [-0.2, 0) is 0 Å². The van der Waals surface area contributed by atoms with E-state index in [0.717, 1.165) is 36.2 Å². The maximum Gasteiger partial charge on any atom is 0.255 e. The molecule has 0 aliphatic carbocycles. The van der Waals surface area contributed by atoms with Gasteiger partial charge in [0, 0.05) is 41.8 Å². The summed E-state index contributed by atoms with van der Waals surface area (Å²) >= 11 is 0. The summed E-state index contributed by atoms with van der Waals surface area (Å²) in [5.74, 6) is 2.00. The van der Waals surface area contributed by atoms with Gasteiger partial charge in [-0.3, -0.25) is 4.79 Å². The fourth-order valence-corrected chi connectivity index (χ4v) is 3.43. The average Bonchev–Trinajstić information content (AvgIpc) is 3.30. The topological polar surface area (TPSA) is 79.4 Å². The fourth-order valence-electron chi connectivity index (χ4n) is 3.43. The highest BCUT2D eigenvalue weighted by molar-refractivity contribution is 6.04. The van der Waals surface area contributed by atoms with Gasteiger partial charge in [0.05, 0.1) is 7.11 Å². The normalized spacial score (nSPS) is 13.2. The maximum atomic E-state index is 12.5. The number of carbonyl (C=O) groups excluding carboxylic acids is 1. The van der Waals surface area contributed by atoms with Crippen LogP contribution in [0.4, 0.5) is 23.1 Å². The number of ether oxygens (including phenoxy) is 1. The number of nitrogens with one attached hydrogen (secondary N) is 2. The van der Waals surface area contributed by atoms with Crippen molar-refractivity contribution in [3.05, 3.63) is 65.9 Å². The lowest BCUT2D eigenvalue weighted by Gasteiger charge is -2.17. The molecule has 1 aliphatic rings. The third kappa shape index (κ3) is 4.68. The highest BCUT2D eigenvalue weighted by Gasteiger charge is 2.16. The van der Waals surface area contributed by atoms with E-state index < -0.39 is 0 Å². The summed E-state index contributed by atoms with van der Waals surface area (Å²) in [5, 5.41) is 6.23. The summed E-state index contributed by atoms with van der Waals surface area (Å²) < 4.78 is 5.18. The van der Waals surface area contributed by atoms with Crippen LogP contribution in [-0.4, -0.2) is 36.1 Å². The second kappa shape index (κ2) is 8.82. The zero-order chi connectivity index (χ0) is 20.9. The average molecular weight is 403 g/mol. The third-order valence-corrected chi connectivity index (χ3v) is 4.98. The Morgan fingerprint density at radius 1 is 1.00 bits per heavy atom.